The lowest BCUT2D eigenvalue weighted by Gasteiger charge is -2.38. The van der Waals surface area contributed by atoms with E-state index in [1.807, 2.05) is 20.8 Å². The summed E-state index contributed by atoms with van der Waals surface area (Å²) in [7, 11) is 0. The van der Waals surface area contributed by atoms with Gasteiger partial charge in [0.15, 0.2) is 0 Å². The largest absolute Gasteiger partial charge is 0.389 e. The molecule has 0 radical (unpaired) electrons. The molecule has 100 valence electrons. The second kappa shape index (κ2) is 6.18. The molecule has 0 unspecified atom stereocenters. The fourth-order valence-electron chi connectivity index (χ4n) is 2.05. The van der Waals surface area contributed by atoms with Gasteiger partial charge in [0.2, 0.25) is 5.96 Å². The molecule has 1 heterocycles. The minimum atomic E-state index is -0.630. The normalized spacial score (nSPS) is 19.6. The standard InChI is InChI=1S/C11H25N5O/c1-4-13-10(14-12)16-7-5-15(6-8-16)9-11(2,3)17/h17H,4-9,12H2,1-3H3,(H,13,14). The van der Waals surface area contributed by atoms with Gasteiger partial charge in [-0.1, -0.05) is 0 Å². The average molecular weight is 243 g/mol. The van der Waals surface area contributed by atoms with Crippen LogP contribution in [0.3, 0.4) is 0 Å². The molecule has 6 nitrogen and oxygen atoms in total. The van der Waals surface area contributed by atoms with Crippen LogP contribution in [0.5, 0.6) is 0 Å². The van der Waals surface area contributed by atoms with Gasteiger partial charge in [0, 0.05) is 39.3 Å². The summed E-state index contributed by atoms with van der Waals surface area (Å²) in [6.07, 6.45) is 0. The molecule has 1 saturated heterocycles. The van der Waals surface area contributed by atoms with E-state index in [9.17, 15) is 5.11 Å². The third-order valence-corrected chi connectivity index (χ3v) is 2.72. The zero-order chi connectivity index (χ0) is 12.9. The van der Waals surface area contributed by atoms with Gasteiger partial charge in [-0.15, -0.1) is 0 Å². The zero-order valence-electron chi connectivity index (χ0n) is 11.1. The molecular formula is C11H25N5O. The van der Waals surface area contributed by atoms with Gasteiger partial charge in [-0.25, -0.2) is 5.84 Å². The Labute approximate surface area is 103 Å². The molecule has 1 fully saturated rings. The molecule has 1 rings (SSSR count). The number of rotatable bonds is 3. The summed E-state index contributed by atoms with van der Waals surface area (Å²) in [5.41, 5.74) is 2.01. The van der Waals surface area contributed by atoms with E-state index in [2.05, 4.69) is 20.2 Å². The van der Waals surface area contributed by atoms with Gasteiger partial charge in [-0.05, 0) is 20.8 Å². The van der Waals surface area contributed by atoms with Crippen molar-refractivity contribution in [3.8, 4) is 0 Å². The molecule has 1 aliphatic heterocycles. The first-order valence-corrected chi connectivity index (χ1v) is 6.17. The lowest BCUT2D eigenvalue weighted by Crippen LogP contribution is -2.55. The van der Waals surface area contributed by atoms with Crippen molar-refractivity contribution in [2.75, 3.05) is 39.3 Å². The molecule has 0 bridgehead atoms. The number of guanidine groups is 1. The van der Waals surface area contributed by atoms with Crippen LogP contribution in [0.2, 0.25) is 0 Å². The van der Waals surface area contributed by atoms with Crippen LogP contribution in [-0.2, 0) is 0 Å². The molecule has 0 aromatic heterocycles. The Hall–Kier alpha value is -0.850. The van der Waals surface area contributed by atoms with Crippen molar-refractivity contribution in [3.05, 3.63) is 0 Å². The third-order valence-electron chi connectivity index (χ3n) is 2.72. The maximum absolute atomic E-state index is 9.76. The number of β-amino-alcohol motifs (C(OH)–C–C–N with tert-alkyl or cyclic N) is 1. The van der Waals surface area contributed by atoms with Gasteiger partial charge in [0.05, 0.1) is 5.60 Å². The Balaban J connectivity index is 2.42. The van der Waals surface area contributed by atoms with Crippen molar-refractivity contribution < 1.29 is 5.11 Å². The highest BCUT2D eigenvalue weighted by atomic mass is 16.3. The average Bonchev–Trinajstić information content (AvgIpc) is 2.25. The first-order valence-electron chi connectivity index (χ1n) is 6.17. The number of aliphatic imine (C=N–C) groups is 1. The van der Waals surface area contributed by atoms with E-state index in [0.717, 1.165) is 38.7 Å². The van der Waals surface area contributed by atoms with E-state index < -0.39 is 5.60 Å². The summed E-state index contributed by atoms with van der Waals surface area (Å²) in [6.45, 7) is 10.7. The highest BCUT2D eigenvalue weighted by Gasteiger charge is 2.23. The summed E-state index contributed by atoms with van der Waals surface area (Å²) < 4.78 is 0. The van der Waals surface area contributed by atoms with Crippen molar-refractivity contribution >= 4 is 5.96 Å². The van der Waals surface area contributed by atoms with Crippen LogP contribution >= 0.6 is 0 Å². The molecule has 0 aromatic rings. The minimum absolute atomic E-state index is 0.630. The lowest BCUT2D eigenvalue weighted by atomic mass is 10.1. The first-order chi connectivity index (χ1) is 7.96. The van der Waals surface area contributed by atoms with E-state index >= 15 is 0 Å². The fourth-order valence-corrected chi connectivity index (χ4v) is 2.05. The van der Waals surface area contributed by atoms with E-state index in [0.29, 0.717) is 6.54 Å². The van der Waals surface area contributed by atoms with Crippen molar-refractivity contribution in [2.45, 2.75) is 26.4 Å². The number of nitrogens with one attached hydrogen (secondary N) is 1. The number of hydrogen-bond acceptors (Lipinski definition) is 4. The molecule has 17 heavy (non-hydrogen) atoms. The molecule has 4 N–H and O–H groups in total. The van der Waals surface area contributed by atoms with Crippen LogP contribution in [0.1, 0.15) is 20.8 Å². The molecule has 0 atom stereocenters. The van der Waals surface area contributed by atoms with Crippen molar-refractivity contribution in [1.82, 2.24) is 15.2 Å². The minimum Gasteiger partial charge on any atom is -0.389 e. The Bertz CT molecular complexity index is 253. The Morgan fingerprint density at radius 1 is 1.35 bits per heavy atom. The molecule has 0 aromatic carbocycles. The summed E-state index contributed by atoms with van der Waals surface area (Å²) in [5.74, 6) is 6.21. The zero-order valence-corrected chi connectivity index (χ0v) is 11.1. The number of nitrogens with two attached hydrogens (primary N) is 1. The highest BCUT2D eigenvalue weighted by molar-refractivity contribution is 5.79. The SMILES string of the molecule is CCN=C(NN)N1CCN(CC(C)(C)O)CC1. The van der Waals surface area contributed by atoms with Crippen LogP contribution in [-0.4, -0.2) is 65.7 Å². The fraction of sp³-hybridized carbons (Fsp3) is 0.909. The van der Waals surface area contributed by atoms with Gasteiger partial charge < -0.3 is 10.0 Å². The van der Waals surface area contributed by atoms with E-state index in [-0.39, 0.29) is 0 Å². The van der Waals surface area contributed by atoms with Gasteiger partial charge in [-0.2, -0.15) is 0 Å². The van der Waals surface area contributed by atoms with Crippen molar-refractivity contribution in [1.29, 1.82) is 0 Å². The number of hydrazine groups is 1. The predicted octanol–water partition coefficient (Wildman–Crippen LogP) is -0.786. The molecule has 0 spiro atoms. The van der Waals surface area contributed by atoms with Gasteiger partial charge in [0.25, 0.3) is 0 Å². The monoisotopic (exact) mass is 243 g/mol. The lowest BCUT2D eigenvalue weighted by molar-refractivity contribution is 0.0248. The number of nitrogens with zero attached hydrogens (tertiary/aromatic N) is 3. The molecule has 6 heteroatoms. The van der Waals surface area contributed by atoms with Crippen LogP contribution in [0.25, 0.3) is 0 Å². The van der Waals surface area contributed by atoms with Gasteiger partial charge in [-0.3, -0.25) is 15.3 Å². The molecule has 1 aliphatic rings. The third kappa shape index (κ3) is 4.89. The van der Waals surface area contributed by atoms with Crippen LogP contribution in [0, 0.1) is 0 Å². The van der Waals surface area contributed by atoms with Crippen LogP contribution in [0.4, 0.5) is 0 Å². The van der Waals surface area contributed by atoms with E-state index in [1.165, 1.54) is 0 Å². The van der Waals surface area contributed by atoms with Gasteiger partial charge in [0.1, 0.15) is 0 Å². The summed E-state index contributed by atoms with van der Waals surface area (Å²) in [5, 5.41) is 9.76. The maximum atomic E-state index is 9.76. The number of hydrogen-bond donors (Lipinski definition) is 3. The smallest absolute Gasteiger partial charge is 0.208 e. The van der Waals surface area contributed by atoms with Gasteiger partial charge >= 0.3 is 0 Å². The summed E-state index contributed by atoms with van der Waals surface area (Å²) >= 11 is 0. The number of aliphatic hydroxyl groups is 1. The van der Waals surface area contributed by atoms with E-state index in [1.54, 1.807) is 0 Å². The predicted molar refractivity (Wildman–Crippen MR) is 69.6 cm³/mol. The Kier molecular flexibility index (Phi) is 5.17. The first kappa shape index (κ1) is 14.2. The molecular weight excluding hydrogens is 218 g/mol. The van der Waals surface area contributed by atoms with Crippen molar-refractivity contribution in [3.63, 3.8) is 0 Å². The highest BCUT2D eigenvalue weighted by Crippen LogP contribution is 2.08. The quantitative estimate of drug-likeness (QED) is 0.262. The Morgan fingerprint density at radius 3 is 2.35 bits per heavy atom. The molecule has 0 amide bonds. The Morgan fingerprint density at radius 2 is 1.94 bits per heavy atom. The van der Waals surface area contributed by atoms with Crippen molar-refractivity contribution in [2.24, 2.45) is 10.8 Å². The van der Waals surface area contributed by atoms with E-state index in [4.69, 9.17) is 5.84 Å². The second-order valence-corrected chi connectivity index (χ2v) is 5.02. The van der Waals surface area contributed by atoms with Crippen LogP contribution < -0.4 is 11.3 Å². The molecule has 0 saturated carbocycles. The molecule has 0 aliphatic carbocycles. The number of piperazine rings is 1. The summed E-state index contributed by atoms with van der Waals surface area (Å²) in [6, 6.07) is 0. The topological polar surface area (TPSA) is 77.1 Å². The maximum Gasteiger partial charge on any atom is 0.208 e. The summed E-state index contributed by atoms with van der Waals surface area (Å²) in [4.78, 5) is 8.71. The second-order valence-electron chi connectivity index (χ2n) is 5.02. The van der Waals surface area contributed by atoms with Crippen LogP contribution in [0.15, 0.2) is 4.99 Å².